The fraction of sp³-hybridized carbons (Fsp3) is 0.571. The van der Waals surface area contributed by atoms with Crippen LogP contribution < -0.4 is 4.90 Å². The number of hydrogen-bond donors (Lipinski definition) is 0. The summed E-state index contributed by atoms with van der Waals surface area (Å²) in [4.78, 5) is 2.70. The van der Waals surface area contributed by atoms with Gasteiger partial charge in [-0.1, -0.05) is 91.8 Å². The highest BCUT2D eigenvalue weighted by atomic mass is 15.2. The molecule has 1 heteroatoms. The Morgan fingerprint density at radius 2 is 1.07 bits per heavy atom. The molecule has 1 aliphatic rings. The maximum atomic E-state index is 2.70. The Labute approximate surface area is 179 Å². The summed E-state index contributed by atoms with van der Waals surface area (Å²) in [6, 6.07) is 14.0. The number of nitrogens with zero attached hydrogens (tertiary/aromatic N) is 1. The predicted octanol–water partition coefficient (Wildman–Crippen LogP) is 8.17. The van der Waals surface area contributed by atoms with E-state index in [9.17, 15) is 0 Å². The molecule has 1 aliphatic heterocycles. The van der Waals surface area contributed by atoms with Gasteiger partial charge in [0.2, 0.25) is 0 Å². The Balaban J connectivity index is 2.03. The lowest BCUT2D eigenvalue weighted by atomic mass is 9.81. The van der Waals surface area contributed by atoms with Crippen molar-refractivity contribution in [2.45, 2.75) is 91.4 Å². The van der Waals surface area contributed by atoms with Gasteiger partial charge in [-0.3, -0.25) is 0 Å². The first-order valence-corrected chi connectivity index (χ1v) is 11.7. The van der Waals surface area contributed by atoms with Crippen molar-refractivity contribution < 1.29 is 0 Å². The molecule has 1 saturated heterocycles. The van der Waals surface area contributed by atoms with Crippen molar-refractivity contribution in [3.05, 3.63) is 64.2 Å². The van der Waals surface area contributed by atoms with Gasteiger partial charge in [0.15, 0.2) is 0 Å². The molecule has 0 bridgehead atoms. The van der Waals surface area contributed by atoms with Crippen molar-refractivity contribution in [1.82, 2.24) is 0 Å². The van der Waals surface area contributed by atoms with Gasteiger partial charge in [0.25, 0.3) is 0 Å². The lowest BCUT2D eigenvalue weighted by molar-refractivity contribution is 0.707. The molecule has 0 spiro atoms. The molecular weight excluding hydrogens is 350 g/mol. The summed E-state index contributed by atoms with van der Waals surface area (Å²) in [5.74, 6) is 2.89. The highest BCUT2D eigenvalue weighted by molar-refractivity contribution is 5.63. The molecule has 0 radical (unpaired) electrons. The molecule has 1 unspecified atom stereocenters. The van der Waals surface area contributed by atoms with E-state index in [1.165, 1.54) is 23.2 Å². The van der Waals surface area contributed by atoms with Crippen molar-refractivity contribution in [3.8, 4) is 0 Å². The van der Waals surface area contributed by atoms with Gasteiger partial charge in [0.1, 0.15) is 0 Å². The Morgan fingerprint density at radius 3 is 1.48 bits per heavy atom. The van der Waals surface area contributed by atoms with Crippen LogP contribution in [0.4, 0.5) is 5.69 Å². The normalized spacial score (nSPS) is 17.4. The Bertz CT molecular complexity index is 706. The highest BCUT2D eigenvalue weighted by Gasteiger charge is 2.31. The first kappa shape index (κ1) is 21.9. The van der Waals surface area contributed by atoms with Gasteiger partial charge in [-0.2, -0.15) is 0 Å². The minimum absolute atomic E-state index is 0.553. The van der Waals surface area contributed by atoms with Crippen LogP contribution in [0, 0.1) is 0 Å². The average molecular weight is 392 g/mol. The zero-order valence-electron chi connectivity index (χ0n) is 19.9. The predicted molar refractivity (Wildman–Crippen MR) is 129 cm³/mol. The number of benzene rings is 2. The van der Waals surface area contributed by atoms with Crippen molar-refractivity contribution in [2.75, 3.05) is 18.0 Å². The van der Waals surface area contributed by atoms with Crippen LogP contribution in [0.5, 0.6) is 0 Å². The molecule has 1 fully saturated rings. The molecule has 1 atom stereocenters. The van der Waals surface area contributed by atoms with Gasteiger partial charge in [0.05, 0.1) is 0 Å². The lowest BCUT2D eigenvalue weighted by Gasteiger charge is -2.29. The Hall–Kier alpha value is -1.76. The topological polar surface area (TPSA) is 3.24 Å². The van der Waals surface area contributed by atoms with E-state index in [0.717, 1.165) is 13.1 Å². The van der Waals surface area contributed by atoms with E-state index in [0.29, 0.717) is 29.6 Å². The quantitative estimate of drug-likeness (QED) is 0.480. The first-order chi connectivity index (χ1) is 13.7. The number of rotatable bonds is 6. The highest BCUT2D eigenvalue weighted by Crippen LogP contribution is 2.42. The second kappa shape index (κ2) is 8.94. The molecule has 1 nitrogen and oxygen atoms in total. The molecule has 0 amide bonds. The van der Waals surface area contributed by atoms with Crippen LogP contribution in [0.3, 0.4) is 0 Å². The third-order valence-corrected chi connectivity index (χ3v) is 6.67. The molecule has 158 valence electrons. The minimum Gasteiger partial charge on any atom is -0.370 e. The fourth-order valence-corrected chi connectivity index (χ4v) is 5.16. The molecule has 0 aromatic heterocycles. The van der Waals surface area contributed by atoms with Gasteiger partial charge in [-0.25, -0.2) is 0 Å². The molecule has 3 rings (SSSR count). The van der Waals surface area contributed by atoms with Gasteiger partial charge in [0, 0.05) is 24.7 Å². The van der Waals surface area contributed by atoms with E-state index in [4.69, 9.17) is 0 Å². The van der Waals surface area contributed by atoms with Crippen LogP contribution in [0.25, 0.3) is 0 Å². The van der Waals surface area contributed by atoms with Crippen LogP contribution in [-0.4, -0.2) is 13.1 Å². The molecule has 2 aromatic rings. The SMILES string of the molecule is CC(C)c1cccc(C(C)C)c1C1CCN(c2c(C(C)C)cccc2C(C)C)C1. The summed E-state index contributed by atoms with van der Waals surface area (Å²) in [5, 5.41) is 0. The van der Waals surface area contributed by atoms with Gasteiger partial charge in [-0.05, 0) is 57.9 Å². The lowest BCUT2D eigenvalue weighted by Crippen LogP contribution is -2.23. The zero-order valence-corrected chi connectivity index (χ0v) is 19.9. The summed E-state index contributed by atoms with van der Waals surface area (Å²) in [5.41, 5.74) is 9.31. The van der Waals surface area contributed by atoms with Crippen LogP contribution >= 0.6 is 0 Å². The standard InChI is InChI=1S/C28H41N/c1-18(2)23-11-9-12-24(19(3)4)27(23)22-15-16-29(17-22)28-25(20(5)6)13-10-14-26(28)21(7)8/h9-14,18-22H,15-17H2,1-8H3. The van der Waals surface area contributed by atoms with Crippen molar-refractivity contribution in [2.24, 2.45) is 0 Å². The van der Waals surface area contributed by atoms with Crippen LogP contribution in [-0.2, 0) is 0 Å². The Kier molecular flexibility index (Phi) is 6.76. The van der Waals surface area contributed by atoms with E-state index in [1.807, 2.05) is 0 Å². The second-order valence-corrected chi connectivity index (χ2v) is 10.2. The van der Waals surface area contributed by atoms with E-state index in [1.54, 1.807) is 16.7 Å². The second-order valence-electron chi connectivity index (χ2n) is 10.2. The molecule has 29 heavy (non-hydrogen) atoms. The molecule has 1 heterocycles. The van der Waals surface area contributed by atoms with Gasteiger partial charge >= 0.3 is 0 Å². The van der Waals surface area contributed by atoms with E-state index >= 15 is 0 Å². The summed E-state index contributed by atoms with van der Waals surface area (Å²) < 4.78 is 0. The van der Waals surface area contributed by atoms with Crippen molar-refractivity contribution >= 4 is 5.69 Å². The smallest absolute Gasteiger partial charge is 0.0436 e. The molecule has 0 N–H and O–H groups in total. The molecule has 0 aliphatic carbocycles. The minimum atomic E-state index is 0.553. The van der Waals surface area contributed by atoms with E-state index < -0.39 is 0 Å². The summed E-state index contributed by atoms with van der Waals surface area (Å²) in [6.45, 7) is 21.0. The summed E-state index contributed by atoms with van der Waals surface area (Å²) in [7, 11) is 0. The largest absolute Gasteiger partial charge is 0.370 e. The van der Waals surface area contributed by atoms with E-state index in [2.05, 4.69) is 96.7 Å². The molecule has 0 saturated carbocycles. The van der Waals surface area contributed by atoms with Gasteiger partial charge in [-0.15, -0.1) is 0 Å². The average Bonchev–Trinajstić information content (AvgIpc) is 3.15. The van der Waals surface area contributed by atoms with Crippen LogP contribution in [0.2, 0.25) is 0 Å². The zero-order chi connectivity index (χ0) is 21.3. The van der Waals surface area contributed by atoms with Crippen LogP contribution in [0.1, 0.15) is 119 Å². The first-order valence-electron chi connectivity index (χ1n) is 11.7. The number of para-hydroxylation sites is 1. The Morgan fingerprint density at radius 1 is 0.655 bits per heavy atom. The fourth-order valence-electron chi connectivity index (χ4n) is 5.16. The van der Waals surface area contributed by atoms with Gasteiger partial charge < -0.3 is 4.90 Å². The maximum Gasteiger partial charge on any atom is 0.0436 e. The monoisotopic (exact) mass is 391 g/mol. The molecule has 2 aromatic carbocycles. The third-order valence-electron chi connectivity index (χ3n) is 6.67. The van der Waals surface area contributed by atoms with Crippen molar-refractivity contribution in [1.29, 1.82) is 0 Å². The van der Waals surface area contributed by atoms with E-state index in [-0.39, 0.29) is 0 Å². The molecular formula is C28H41N. The summed E-state index contributed by atoms with van der Waals surface area (Å²) >= 11 is 0. The number of hydrogen-bond acceptors (Lipinski definition) is 1. The summed E-state index contributed by atoms with van der Waals surface area (Å²) in [6.07, 6.45) is 1.26. The third kappa shape index (κ3) is 4.39. The van der Waals surface area contributed by atoms with Crippen LogP contribution in [0.15, 0.2) is 36.4 Å². The number of anilines is 1. The van der Waals surface area contributed by atoms with Crippen molar-refractivity contribution in [3.63, 3.8) is 0 Å². The maximum absolute atomic E-state index is 2.70.